The van der Waals surface area contributed by atoms with Crippen LogP contribution in [0.4, 0.5) is 14.5 Å². The van der Waals surface area contributed by atoms with Crippen molar-refractivity contribution in [3.63, 3.8) is 0 Å². The van der Waals surface area contributed by atoms with Crippen molar-refractivity contribution in [1.29, 1.82) is 0 Å². The summed E-state index contributed by atoms with van der Waals surface area (Å²) in [6, 6.07) is 6.92. The number of hydrogen-bond donors (Lipinski definition) is 1. The molecule has 0 atom stereocenters. The van der Waals surface area contributed by atoms with Crippen LogP contribution in [0.1, 0.15) is 12.0 Å². The first kappa shape index (κ1) is 17.8. The second-order valence-corrected chi connectivity index (χ2v) is 6.80. The first-order valence-corrected chi connectivity index (χ1v) is 8.97. The van der Waals surface area contributed by atoms with E-state index in [9.17, 15) is 13.6 Å². The summed E-state index contributed by atoms with van der Waals surface area (Å²) in [4.78, 5) is 11.8. The maximum Gasteiger partial charge on any atom is 0.231 e. The zero-order valence-corrected chi connectivity index (χ0v) is 14.6. The summed E-state index contributed by atoms with van der Waals surface area (Å²) in [5.41, 5.74) is 1.21. The van der Waals surface area contributed by atoms with Gasteiger partial charge in [-0.3, -0.25) is 4.79 Å². The largest absolute Gasteiger partial charge is 0.454 e. The summed E-state index contributed by atoms with van der Waals surface area (Å²) in [7, 11) is 0. The van der Waals surface area contributed by atoms with Crippen LogP contribution >= 0.6 is 23.4 Å². The number of carbonyl (C=O) groups excluding carboxylic acids is 1. The number of ether oxygens (including phenoxy) is 2. The monoisotopic (exact) mass is 385 g/mol. The zero-order valence-electron chi connectivity index (χ0n) is 13.0. The van der Waals surface area contributed by atoms with Gasteiger partial charge >= 0.3 is 0 Å². The number of benzene rings is 2. The van der Waals surface area contributed by atoms with E-state index in [1.54, 1.807) is 11.8 Å². The van der Waals surface area contributed by atoms with Gasteiger partial charge in [-0.05, 0) is 29.8 Å². The highest BCUT2D eigenvalue weighted by Crippen LogP contribution is 2.40. The molecule has 1 aliphatic rings. The molecule has 0 radical (unpaired) electrons. The minimum absolute atomic E-state index is 0.163. The molecule has 2 aromatic carbocycles. The van der Waals surface area contributed by atoms with Gasteiger partial charge in [0.2, 0.25) is 12.7 Å². The standard InChI is InChI=1S/C17H14ClF2NO3S/c18-12-5-10(6-15-17(12)24-9-23-15)8-25-4-3-16(22)21-11-1-2-13(19)14(20)7-11/h1-2,5-7H,3-4,8-9H2,(H,21,22). The quantitative estimate of drug-likeness (QED) is 0.738. The highest BCUT2D eigenvalue weighted by atomic mass is 35.5. The summed E-state index contributed by atoms with van der Waals surface area (Å²) < 4.78 is 36.5. The van der Waals surface area contributed by atoms with Crippen molar-refractivity contribution in [3.05, 3.63) is 52.6 Å². The highest BCUT2D eigenvalue weighted by molar-refractivity contribution is 7.98. The normalized spacial score (nSPS) is 12.3. The number of thioether (sulfide) groups is 1. The van der Waals surface area contributed by atoms with Crippen LogP contribution < -0.4 is 14.8 Å². The number of rotatable bonds is 6. The topological polar surface area (TPSA) is 47.6 Å². The number of anilines is 1. The molecule has 0 saturated heterocycles. The maximum absolute atomic E-state index is 13.1. The number of hydrogen-bond acceptors (Lipinski definition) is 4. The van der Waals surface area contributed by atoms with E-state index in [2.05, 4.69) is 5.32 Å². The lowest BCUT2D eigenvalue weighted by molar-refractivity contribution is -0.115. The van der Waals surface area contributed by atoms with Gasteiger partial charge in [-0.25, -0.2) is 8.78 Å². The molecule has 1 N–H and O–H groups in total. The molecule has 1 amide bonds. The minimum atomic E-state index is -0.994. The molecule has 25 heavy (non-hydrogen) atoms. The Kier molecular flexibility index (Phi) is 5.65. The van der Waals surface area contributed by atoms with Gasteiger partial charge in [-0.15, -0.1) is 0 Å². The van der Waals surface area contributed by atoms with Gasteiger partial charge in [0.15, 0.2) is 23.1 Å². The van der Waals surface area contributed by atoms with Crippen LogP contribution in [-0.2, 0) is 10.5 Å². The summed E-state index contributed by atoms with van der Waals surface area (Å²) in [6.07, 6.45) is 0.252. The molecule has 0 spiro atoms. The van der Waals surface area contributed by atoms with E-state index in [-0.39, 0.29) is 24.8 Å². The average Bonchev–Trinajstić information content (AvgIpc) is 3.04. The Bertz CT molecular complexity index is 804. The number of fused-ring (bicyclic) bond motifs is 1. The van der Waals surface area contributed by atoms with Crippen LogP contribution in [-0.4, -0.2) is 18.5 Å². The van der Waals surface area contributed by atoms with Crippen LogP contribution in [0.3, 0.4) is 0 Å². The van der Waals surface area contributed by atoms with E-state index in [0.717, 1.165) is 17.7 Å². The fourth-order valence-electron chi connectivity index (χ4n) is 2.26. The van der Waals surface area contributed by atoms with Crippen molar-refractivity contribution in [3.8, 4) is 11.5 Å². The van der Waals surface area contributed by atoms with Crippen LogP contribution in [0.15, 0.2) is 30.3 Å². The van der Waals surface area contributed by atoms with E-state index >= 15 is 0 Å². The van der Waals surface area contributed by atoms with Gasteiger partial charge in [0.05, 0.1) is 5.02 Å². The molecule has 1 aliphatic heterocycles. The third-order valence-corrected chi connectivity index (χ3v) is 4.74. The van der Waals surface area contributed by atoms with E-state index in [1.807, 2.05) is 12.1 Å². The van der Waals surface area contributed by atoms with E-state index in [1.165, 1.54) is 6.07 Å². The second kappa shape index (κ2) is 7.93. The molecule has 0 saturated carbocycles. The number of carbonyl (C=O) groups is 1. The van der Waals surface area contributed by atoms with Gasteiger partial charge in [-0.1, -0.05) is 11.6 Å². The molecule has 1 heterocycles. The Morgan fingerprint density at radius 1 is 1.20 bits per heavy atom. The summed E-state index contributed by atoms with van der Waals surface area (Å²) >= 11 is 7.67. The molecule has 2 aromatic rings. The minimum Gasteiger partial charge on any atom is -0.454 e. The fourth-order valence-corrected chi connectivity index (χ4v) is 3.42. The first-order valence-electron chi connectivity index (χ1n) is 7.43. The Morgan fingerprint density at radius 3 is 2.84 bits per heavy atom. The molecule has 0 aromatic heterocycles. The molecule has 3 rings (SSSR count). The number of halogens is 3. The van der Waals surface area contributed by atoms with Gasteiger partial charge < -0.3 is 14.8 Å². The van der Waals surface area contributed by atoms with Crippen molar-refractivity contribution in [2.75, 3.05) is 17.9 Å². The molecular formula is C17H14ClF2NO3S. The third kappa shape index (κ3) is 4.55. The van der Waals surface area contributed by atoms with Crippen molar-refractivity contribution in [2.24, 2.45) is 0 Å². The molecule has 0 unspecified atom stereocenters. The number of nitrogens with one attached hydrogen (secondary N) is 1. The van der Waals surface area contributed by atoms with Crippen LogP contribution in [0.2, 0.25) is 5.02 Å². The van der Waals surface area contributed by atoms with Crippen molar-refractivity contribution in [1.82, 2.24) is 0 Å². The maximum atomic E-state index is 13.1. The first-order chi connectivity index (χ1) is 12.0. The third-order valence-electron chi connectivity index (χ3n) is 3.43. The Labute approximate surface area is 152 Å². The molecular weight excluding hydrogens is 372 g/mol. The summed E-state index contributed by atoms with van der Waals surface area (Å²) in [5, 5.41) is 3.04. The average molecular weight is 386 g/mol. The lowest BCUT2D eigenvalue weighted by atomic mass is 10.2. The summed E-state index contributed by atoms with van der Waals surface area (Å²) in [6.45, 7) is 0.163. The number of amides is 1. The van der Waals surface area contributed by atoms with Gasteiger partial charge in [-0.2, -0.15) is 11.8 Å². The van der Waals surface area contributed by atoms with Crippen LogP contribution in [0.25, 0.3) is 0 Å². The molecule has 0 bridgehead atoms. The van der Waals surface area contributed by atoms with Crippen molar-refractivity contribution < 1.29 is 23.0 Å². The van der Waals surface area contributed by atoms with E-state index < -0.39 is 11.6 Å². The highest BCUT2D eigenvalue weighted by Gasteiger charge is 2.18. The van der Waals surface area contributed by atoms with Crippen molar-refractivity contribution >= 4 is 35.0 Å². The zero-order chi connectivity index (χ0) is 17.8. The van der Waals surface area contributed by atoms with Gasteiger partial charge in [0, 0.05) is 29.7 Å². The molecule has 4 nitrogen and oxygen atoms in total. The van der Waals surface area contributed by atoms with E-state index in [0.29, 0.717) is 28.0 Å². The summed E-state index contributed by atoms with van der Waals surface area (Å²) in [5.74, 6) is 0.210. The van der Waals surface area contributed by atoms with Crippen LogP contribution in [0.5, 0.6) is 11.5 Å². The lowest BCUT2D eigenvalue weighted by Gasteiger charge is -2.07. The van der Waals surface area contributed by atoms with Crippen LogP contribution in [0, 0.1) is 11.6 Å². The predicted octanol–water partition coefficient (Wildman–Crippen LogP) is 4.61. The van der Waals surface area contributed by atoms with Gasteiger partial charge in [0.25, 0.3) is 0 Å². The molecule has 132 valence electrons. The van der Waals surface area contributed by atoms with Gasteiger partial charge in [0.1, 0.15) is 0 Å². The molecule has 0 fully saturated rings. The van der Waals surface area contributed by atoms with Crippen molar-refractivity contribution in [2.45, 2.75) is 12.2 Å². The molecule has 0 aliphatic carbocycles. The lowest BCUT2D eigenvalue weighted by Crippen LogP contribution is -2.12. The van der Waals surface area contributed by atoms with E-state index in [4.69, 9.17) is 21.1 Å². The Balaban J connectivity index is 1.44. The fraction of sp³-hybridized carbons (Fsp3) is 0.235. The second-order valence-electron chi connectivity index (χ2n) is 5.29. The Morgan fingerprint density at radius 2 is 2.04 bits per heavy atom. The molecule has 8 heteroatoms. The SMILES string of the molecule is O=C(CCSCc1cc(Cl)c2c(c1)OCO2)Nc1ccc(F)c(F)c1. The smallest absolute Gasteiger partial charge is 0.231 e. The predicted molar refractivity (Wildman–Crippen MR) is 93.3 cm³/mol. The Hall–Kier alpha value is -1.99.